The number of aryl methyl sites for hydroxylation is 1. The Hall–Kier alpha value is -2.08. The summed E-state index contributed by atoms with van der Waals surface area (Å²) in [7, 11) is 3.96. The Balaban J connectivity index is 2.19. The Morgan fingerprint density at radius 2 is 1.90 bits per heavy atom. The van der Waals surface area contributed by atoms with E-state index in [0.717, 1.165) is 31.4 Å². The molecule has 0 spiro atoms. The zero-order chi connectivity index (χ0) is 15.1. The Labute approximate surface area is 122 Å². The van der Waals surface area contributed by atoms with Gasteiger partial charge < -0.3 is 10.6 Å². The summed E-state index contributed by atoms with van der Waals surface area (Å²) in [6, 6.07) is 5.41. The first-order valence-electron chi connectivity index (χ1n) is 7.19. The number of hydrogen-bond acceptors (Lipinski definition) is 3. The molecule has 0 bridgehead atoms. The minimum atomic E-state index is -0.557. The van der Waals surface area contributed by atoms with Crippen molar-refractivity contribution >= 4 is 16.8 Å². The number of fused-ring (bicyclic) bond motifs is 1. The summed E-state index contributed by atoms with van der Waals surface area (Å²) in [5.41, 5.74) is 6.35. The van der Waals surface area contributed by atoms with Crippen molar-refractivity contribution in [3.05, 3.63) is 34.1 Å². The first-order valence-corrected chi connectivity index (χ1v) is 7.19. The van der Waals surface area contributed by atoms with Gasteiger partial charge in [0.1, 0.15) is 0 Å². The quantitative estimate of drug-likeness (QED) is 0.884. The average molecular weight is 288 g/mol. The third-order valence-corrected chi connectivity index (χ3v) is 4.44. The molecule has 1 fully saturated rings. The van der Waals surface area contributed by atoms with Crippen molar-refractivity contribution in [3.63, 3.8) is 0 Å². The molecule has 0 aliphatic carbocycles. The number of likely N-dealkylation sites (tertiary alicyclic amines) is 1. The summed E-state index contributed by atoms with van der Waals surface area (Å²) >= 11 is 0. The van der Waals surface area contributed by atoms with Gasteiger partial charge in [0.2, 0.25) is 5.91 Å². The molecule has 1 aliphatic heterocycles. The lowest BCUT2D eigenvalue weighted by atomic mass is 10.1. The van der Waals surface area contributed by atoms with Gasteiger partial charge in [-0.2, -0.15) is 0 Å². The monoisotopic (exact) mass is 288 g/mol. The third-order valence-electron chi connectivity index (χ3n) is 4.44. The van der Waals surface area contributed by atoms with Gasteiger partial charge in [-0.25, -0.2) is 4.68 Å². The highest BCUT2D eigenvalue weighted by atomic mass is 16.1. The predicted molar refractivity (Wildman–Crippen MR) is 81.5 cm³/mol. The topological polar surface area (TPSA) is 73.3 Å². The van der Waals surface area contributed by atoms with Crippen molar-refractivity contribution in [2.24, 2.45) is 12.8 Å². The SMILES string of the molecule is CN1CCC(n2c(=O)c3c(C(N)=O)cccc3n2C)CC1. The molecule has 2 aromatic rings. The van der Waals surface area contributed by atoms with Crippen molar-refractivity contribution in [2.45, 2.75) is 18.9 Å². The first-order chi connectivity index (χ1) is 10.0. The van der Waals surface area contributed by atoms with E-state index in [1.54, 1.807) is 16.8 Å². The fourth-order valence-electron chi connectivity index (χ4n) is 3.26. The number of amides is 1. The van der Waals surface area contributed by atoms with Gasteiger partial charge in [-0.05, 0) is 45.1 Å². The van der Waals surface area contributed by atoms with Crippen LogP contribution in [0.1, 0.15) is 29.2 Å². The number of benzene rings is 1. The van der Waals surface area contributed by atoms with E-state index < -0.39 is 5.91 Å². The number of nitrogens with zero attached hydrogens (tertiary/aromatic N) is 3. The van der Waals surface area contributed by atoms with Crippen LogP contribution in [0.25, 0.3) is 10.9 Å². The second kappa shape index (κ2) is 5.04. The van der Waals surface area contributed by atoms with Gasteiger partial charge in [0.15, 0.2) is 0 Å². The molecule has 0 atom stereocenters. The Bertz CT molecular complexity index is 751. The fourth-order valence-corrected chi connectivity index (χ4v) is 3.26. The molecule has 6 heteroatoms. The number of hydrogen-bond donors (Lipinski definition) is 1. The lowest BCUT2D eigenvalue weighted by molar-refractivity contribution is 0.100. The third kappa shape index (κ3) is 2.15. The molecule has 0 radical (unpaired) electrons. The second-order valence-electron chi connectivity index (χ2n) is 5.77. The van der Waals surface area contributed by atoms with E-state index in [0.29, 0.717) is 10.9 Å². The Morgan fingerprint density at radius 3 is 2.52 bits per heavy atom. The van der Waals surface area contributed by atoms with E-state index in [4.69, 9.17) is 5.73 Å². The number of rotatable bonds is 2. The van der Waals surface area contributed by atoms with Crippen LogP contribution in [-0.2, 0) is 7.05 Å². The van der Waals surface area contributed by atoms with Gasteiger partial charge in [-0.15, -0.1) is 0 Å². The second-order valence-corrected chi connectivity index (χ2v) is 5.77. The molecule has 21 heavy (non-hydrogen) atoms. The van der Waals surface area contributed by atoms with Crippen LogP contribution in [0.5, 0.6) is 0 Å². The molecule has 2 N–H and O–H groups in total. The smallest absolute Gasteiger partial charge is 0.275 e. The highest BCUT2D eigenvalue weighted by Gasteiger charge is 2.24. The Kier molecular flexibility index (Phi) is 3.33. The van der Waals surface area contributed by atoms with Crippen molar-refractivity contribution in [3.8, 4) is 0 Å². The minimum absolute atomic E-state index is 0.114. The molecule has 6 nitrogen and oxygen atoms in total. The summed E-state index contributed by atoms with van der Waals surface area (Å²) in [4.78, 5) is 26.6. The number of primary amides is 1. The standard InChI is InChI=1S/C15H20N4O2/c1-17-8-6-10(7-9-17)19-15(21)13-11(14(16)20)4-3-5-12(13)18(19)2/h3-5,10H,6-9H2,1-2H3,(H2,16,20). The maximum atomic E-state index is 12.8. The molecular weight excluding hydrogens is 268 g/mol. The summed E-state index contributed by atoms with van der Waals surface area (Å²) < 4.78 is 3.64. The van der Waals surface area contributed by atoms with Crippen LogP contribution in [0.15, 0.2) is 23.0 Å². The highest BCUT2D eigenvalue weighted by Crippen LogP contribution is 2.23. The molecule has 1 aliphatic rings. The van der Waals surface area contributed by atoms with Gasteiger partial charge in [0.05, 0.1) is 22.5 Å². The van der Waals surface area contributed by atoms with Crippen LogP contribution in [-0.4, -0.2) is 40.3 Å². The molecule has 1 aromatic carbocycles. The number of nitrogens with two attached hydrogens (primary N) is 1. The van der Waals surface area contributed by atoms with Crippen molar-refractivity contribution in [1.82, 2.24) is 14.3 Å². The number of carbonyl (C=O) groups is 1. The molecule has 1 amide bonds. The molecular formula is C15H20N4O2. The number of piperidine rings is 1. The molecule has 1 saturated heterocycles. The van der Waals surface area contributed by atoms with Crippen molar-refractivity contribution < 1.29 is 4.79 Å². The van der Waals surface area contributed by atoms with Gasteiger partial charge in [0.25, 0.3) is 5.56 Å². The van der Waals surface area contributed by atoms with E-state index >= 15 is 0 Å². The number of aromatic nitrogens is 2. The van der Waals surface area contributed by atoms with Gasteiger partial charge >= 0.3 is 0 Å². The van der Waals surface area contributed by atoms with E-state index in [9.17, 15) is 9.59 Å². The molecule has 1 aromatic heterocycles. The maximum Gasteiger partial charge on any atom is 0.275 e. The molecule has 2 heterocycles. The highest BCUT2D eigenvalue weighted by molar-refractivity contribution is 6.05. The van der Waals surface area contributed by atoms with E-state index in [1.807, 2.05) is 17.8 Å². The zero-order valence-electron chi connectivity index (χ0n) is 12.4. The average Bonchev–Trinajstić information content (AvgIpc) is 2.72. The summed E-state index contributed by atoms with van der Waals surface area (Å²) in [5, 5.41) is 0.437. The lowest BCUT2D eigenvalue weighted by Crippen LogP contribution is -2.36. The predicted octanol–water partition coefficient (Wildman–Crippen LogP) is 0.706. The Morgan fingerprint density at radius 1 is 1.24 bits per heavy atom. The van der Waals surface area contributed by atoms with Crippen LogP contribution in [0, 0.1) is 0 Å². The van der Waals surface area contributed by atoms with Crippen molar-refractivity contribution in [2.75, 3.05) is 20.1 Å². The van der Waals surface area contributed by atoms with Crippen LogP contribution in [0.2, 0.25) is 0 Å². The molecule has 3 rings (SSSR count). The molecule has 112 valence electrons. The van der Waals surface area contributed by atoms with Gasteiger partial charge in [-0.1, -0.05) is 6.07 Å². The summed E-state index contributed by atoms with van der Waals surface area (Å²) in [6.45, 7) is 1.95. The minimum Gasteiger partial charge on any atom is -0.366 e. The van der Waals surface area contributed by atoms with E-state index in [1.165, 1.54) is 0 Å². The molecule has 0 saturated carbocycles. The number of carbonyl (C=O) groups excluding carboxylic acids is 1. The first kappa shape index (κ1) is 13.9. The van der Waals surface area contributed by atoms with Crippen LogP contribution >= 0.6 is 0 Å². The van der Waals surface area contributed by atoms with Crippen LogP contribution in [0.4, 0.5) is 0 Å². The largest absolute Gasteiger partial charge is 0.366 e. The maximum absolute atomic E-state index is 12.8. The van der Waals surface area contributed by atoms with Crippen LogP contribution < -0.4 is 11.3 Å². The van der Waals surface area contributed by atoms with Gasteiger partial charge in [0, 0.05) is 7.05 Å². The summed E-state index contributed by atoms with van der Waals surface area (Å²) in [6.07, 6.45) is 1.87. The zero-order valence-corrected chi connectivity index (χ0v) is 12.4. The summed E-state index contributed by atoms with van der Waals surface area (Å²) in [5.74, 6) is -0.557. The fraction of sp³-hybridized carbons (Fsp3) is 0.467. The van der Waals surface area contributed by atoms with Crippen molar-refractivity contribution in [1.29, 1.82) is 0 Å². The normalized spacial score (nSPS) is 17.4. The van der Waals surface area contributed by atoms with E-state index in [2.05, 4.69) is 11.9 Å². The molecule has 0 unspecified atom stereocenters. The van der Waals surface area contributed by atoms with Gasteiger partial charge in [-0.3, -0.25) is 14.3 Å². The lowest BCUT2D eigenvalue weighted by Gasteiger charge is -2.30. The van der Waals surface area contributed by atoms with Crippen LogP contribution in [0.3, 0.4) is 0 Å². The van der Waals surface area contributed by atoms with E-state index in [-0.39, 0.29) is 11.6 Å².